The molecular formula is C26H33O6. The number of benzene rings is 2. The van der Waals surface area contributed by atoms with Crippen LogP contribution in [-0.4, -0.2) is 40.0 Å². The lowest BCUT2D eigenvalue weighted by Gasteiger charge is -2.35. The molecule has 6 nitrogen and oxygen atoms in total. The van der Waals surface area contributed by atoms with Gasteiger partial charge in [-0.05, 0) is 42.0 Å². The first kappa shape index (κ1) is 25.2. The zero-order chi connectivity index (χ0) is 24.1. The summed E-state index contributed by atoms with van der Waals surface area (Å²) in [6.45, 7) is 9.85. The Bertz CT molecular complexity index is 849. The lowest BCUT2D eigenvalue weighted by atomic mass is 9.67. The number of ketones is 2. The Morgan fingerprint density at radius 1 is 0.781 bits per heavy atom. The van der Waals surface area contributed by atoms with Gasteiger partial charge >= 0.3 is 0 Å². The van der Waals surface area contributed by atoms with E-state index in [9.17, 15) is 9.59 Å². The fourth-order valence-corrected chi connectivity index (χ4v) is 4.32. The number of ether oxygens (including phenoxy) is 4. The van der Waals surface area contributed by atoms with E-state index in [-0.39, 0.29) is 28.6 Å². The summed E-state index contributed by atoms with van der Waals surface area (Å²) in [7, 11) is 5.92. The summed E-state index contributed by atoms with van der Waals surface area (Å²) in [4.78, 5) is 28.1. The van der Waals surface area contributed by atoms with Gasteiger partial charge in [-0.15, -0.1) is 0 Å². The second kappa shape index (κ2) is 10.5. The summed E-state index contributed by atoms with van der Waals surface area (Å²) in [5.41, 5.74) is -0.267. The quantitative estimate of drug-likeness (QED) is 0.349. The van der Waals surface area contributed by atoms with Crippen LogP contribution in [0.2, 0.25) is 0 Å². The highest BCUT2D eigenvalue weighted by molar-refractivity contribution is 6.20. The van der Waals surface area contributed by atoms with Gasteiger partial charge in [-0.25, -0.2) is 0 Å². The monoisotopic (exact) mass is 441 g/mol. The highest BCUT2D eigenvalue weighted by Crippen LogP contribution is 2.43. The molecular weight excluding hydrogens is 408 g/mol. The standard InChI is InChI=1S/C26H33O6/c1-16(2)15-26(3,4)23(24(27)21-17(29-5)11-9-12-18(21)30-6)25(28)22-19(31-7)13-10-14-20(22)32-8/h9-14,16,23H,1,15H2,2-8H3. The van der Waals surface area contributed by atoms with Crippen molar-refractivity contribution < 1.29 is 28.5 Å². The molecule has 1 radical (unpaired) electrons. The summed E-state index contributed by atoms with van der Waals surface area (Å²) in [6, 6.07) is 10.2. The molecule has 0 saturated heterocycles. The largest absolute Gasteiger partial charge is 0.496 e. The van der Waals surface area contributed by atoms with Crippen molar-refractivity contribution in [3.8, 4) is 23.0 Å². The smallest absolute Gasteiger partial charge is 0.181 e. The summed E-state index contributed by atoms with van der Waals surface area (Å²) in [5, 5.41) is 0. The highest BCUT2D eigenvalue weighted by Gasteiger charge is 2.45. The molecule has 0 fully saturated rings. The van der Waals surface area contributed by atoms with Crippen LogP contribution in [0.1, 0.15) is 47.9 Å². The molecule has 0 spiro atoms. The van der Waals surface area contributed by atoms with Gasteiger partial charge in [0, 0.05) is 0 Å². The number of rotatable bonds is 11. The lowest BCUT2D eigenvalue weighted by molar-refractivity contribution is 0.0639. The molecule has 2 rings (SSSR count). The average Bonchev–Trinajstić information content (AvgIpc) is 2.76. The number of methoxy groups -OCH3 is 4. The maximum Gasteiger partial charge on any atom is 0.181 e. The van der Waals surface area contributed by atoms with Gasteiger partial charge in [0.25, 0.3) is 0 Å². The van der Waals surface area contributed by atoms with Gasteiger partial charge in [0.2, 0.25) is 0 Å². The third-order valence-electron chi connectivity index (χ3n) is 5.53. The molecule has 2 aromatic rings. The first-order chi connectivity index (χ1) is 15.1. The van der Waals surface area contributed by atoms with Crippen molar-refractivity contribution in [2.45, 2.75) is 27.2 Å². The van der Waals surface area contributed by atoms with Crippen LogP contribution in [0.3, 0.4) is 0 Å². The van der Waals surface area contributed by atoms with E-state index in [1.54, 1.807) is 36.4 Å². The van der Waals surface area contributed by atoms with Gasteiger partial charge in [0.1, 0.15) is 34.1 Å². The first-order valence-electron chi connectivity index (χ1n) is 10.5. The molecule has 2 aromatic carbocycles. The van der Waals surface area contributed by atoms with Crippen molar-refractivity contribution in [2.75, 3.05) is 28.4 Å². The van der Waals surface area contributed by atoms with Crippen molar-refractivity contribution in [3.63, 3.8) is 0 Å². The molecule has 1 unspecified atom stereocenters. The molecule has 0 aromatic heterocycles. The van der Waals surface area contributed by atoms with Gasteiger partial charge in [-0.3, -0.25) is 9.59 Å². The van der Waals surface area contributed by atoms with Crippen LogP contribution < -0.4 is 18.9 Å². The Kier molecular flexibility index (Phi) is 8.31. The molecule has 0 aliphatic rings. The maximum absolute atomic E-state index is 14.1. The van der Waals surface area contributed by atoms with Crippen LogP contribution in [0, 0.1) is 24.2 Å². The van der Waals surface area contributed by atoms with Crippen molar-refractivity contribution in [1.29, 1.82) is 0 Å². The summed E-state index contributed by atoms with van der Waals surface area (Å²) >= 11 is 0. The van der Waals surface area contributed by atoms with Crippen LogP contribution in [0.15, 0.2) is 36.4 Å². The summed E-state index contributed by atoms with van der Waals surface area (Å²) < 4.78 is 21.8. The van der Waals surface area contributed by atoms with Crippen molar-refractivity contribution in [1.82, 2.24) is 0 Å². The Labute approximate surface area is 190 Å². The fourth-order valence-electron chi connectivity index (χ4n) is 4.32. The predicted octanol–water partition coefficient (Wildman–Crippen LogP) is 5.29. The summed E-state index contributed by atoms with van der Waals surface area (Å²) in [6.07, 6.45) is 0.546. The highest BCUT2D eigenvalue weighted by atomic mass is 16.5. The molecule has 0 amide bonds. The van der Waals surface area contributed by atoms with Crippen LogP contribution in [0.4, 0.5) is 0 Å². The topological polar surface area (TPSA) is 71.1 Å². The van der Waals surface area contributed by atoms with E-state index < -0.39 is 11.3 Å². The number of Topliss-reactive ketones (excluding diaryl/α,β-unsaturated/α-hetero) is 2. The fraction of sp³-hybridized carbons (Fsp3) is 0.423. The molecule has 32 heavy (non-hydrogen) atoms. The van der Waals surface area contributed by atoms with E-state index in [1.807, 2.05) is 20.8 Å². The van der Waals surface area contributed by atoms with E-state index >= 15 is 0 Å². The predicted molar refractivity (Wildman–Crippen MR) is 124 cm³/mol. The molecule has 0 N–H and O–H groups in total. The zero-order valence-electron chi connectivity index (χ0n) is 20.0. The lowest BCUT2D eigenvalue weighted by Crippen LogP contribution is -2.39. The Balaban J connectivity index is 2.77. The summed E-state index contributed by atoms with van der Waals surface area (Å²) in [5.74, 6) is -0.425. The third-order valence-corrected chi connectivity index (χ3v) is 5.53. The molecule has 0 saturated carbocycles. The minimum absolute atomic E-state index is 0.0206. The molecule has 0 heterocycles. The van der Waals surface area contributed by atoms with Crippen LogP contribution in [0.5, 0.6) is 23.0 Å². The first-order valence-corrected chi connectivity index (χ1v) is 10.5. The molecule has 0 bridgehead atoms. The van der Waals surface area contributed by atoms with Gasteiger partial charge in [0.15, 0.2) is 11.6 Å². The normalized spacial score (nSPS) is 11.4. The number of carbonyl (C=O) groups is 2. The Hall–Kier alpha value is -3.02. The van der Waals surface area contributed by atoms with Crippen molar-refractivity contribution >= 4 is 11.6 Å². The van der Waals surface area contributed by atoms with Gasteiger partial charge < -0.3 is 18.9 Å². The number of hydrogen-bond donors (Lipinski definition) is 0. The van der Waals surface area contributed by atoms with E-state index in [0.29, 0.717) is 29.4 Å². The Morgan fingerprint density at radius 2 is 1.09 bits per heavy atom. The number of hydrogen-bond acceptors (Lipinski definition) is 6. The van der Waals surface area contributed by atoms with E-state index in [4.69, 9.17) is 18.9 Å². The number of carbonyl (C=O) groups excluding carboxylic acids is 2. The molecule has 1 atom stereocenters. The van der Waals surface area contributed by atoms with Gasteiger partial charge in [-0.2, -0.15) is 0 Å². The SMILES string of the molecule is [CH2]C(C)CC(C)(C)C(C(=O)c1c(OC)cccc1OC)C(=O)c1c(OC)cccc1OC. The third kappa shape index (κ3) is 5.06. The van der Waals surface area contributed by atoms with Crippen LogP contribution >= 0.6 is 0 Å². The second-order valence-corrected chi connectivity index (χ2v) is 8.53. The molecule has 6 heteroatoms. The van der Waals surface area contributed by atoms with E-state index in [2.05, 4.69) is 6.92 Å². The van der Waals surface area contributed by atoms with Crippen molar-refractivity contribution in [3.05, 3.63) is 54.4 Å². The second-order valence-electron chi connectivity index (χ2n) is 8.53. The molecule has 173 valence electrons. The zero-order valence-corrected chi connectivity index (χ0v) is 20.0. The molecule has 0 aliphatic heterocycles. The molecule has 0 aliphatic carbocycles. The maximum atomic E-state index is 14.1. The minimum atomic E-state index is -1.05. The van der Waals surface area contributed by atoms with Gasteiger partial charge in [0.05, 0.1) is 34.4 Å². The van der Waals surface area contributed by atoms with E-state index in [0.717, 1.165) is 0 Å². The Morgan fingerprint density at radius 3 is 1.34 bits per heavy atom. The van der Waals surface area contributed by atoms with Gasteiger partial charge in [-0.1, -0.05) is 39.8 Å². The average molecular weight is 442 g/mol. The van der Waals surface area contributed by atoms with E-state index in [1.165, 1.54) is 28.4 Å². The van der Waals surface area contributed by atoms with Crippen LogP contribution in [0.25, 0.3) is 0 Å². The minimum Gasteiger partial charge on any atom is -0.496 e. The van der Waals surface area contributed by atoms with Crippen molar-refractivity contribution in [2.24, 2.45) is 17.3 Å². The van der Waals surface area contributed by atoms with Crippen LogP contribution in [-0.2, 0) is 0 Å².